The van der Waals surface area contributed by atoms with Gasteiger partial charge in [-0.25, -0.2) is 4.39 Å². The van der Waals surface area contributed by atoms with E-state index in [-0.39, 0.29) is 23.6 Å². The van der Waals surface area contributed by atoms with E-state index in [1.165, 1.54) is 6.07 Å². The second-order valence-electron chi connectivity index (χ2n) is 4.36. The summed E-state index contributed by atoms with van der Waals surface area (Å²) in [6.07, 6.45) is 0. The van der Waals surface area contributed by atoms with Crippen molar-refractivity contribution < 1.29 is 9.18 Å². The first-order valence-electron chi connectivity index (χ1n) is 5.12. The molecule has 1 aliphatic rings. The lowest BCUT2D eigenvalue weighted by Crippen LogP contribution is -2.17. The van der Waals surface area contributed by atoms with E-state index in [0.29, 0.717) is 11.3 Å². The van der Waals surface area contributed by atoms with E-state index >= 15 is 0 Å². The van der Waals surface area contributed by atoms with Crippen molar-refractivity contribution in [2.24, 2.45) is 5.92 Å². The number of fused-ring (bicyclic) bond motifs is 1. The molecule has 0 spiro atoms. The Morgan fingerprint density at radius 3 is 2.67 bits per heavy atom. The number of amides is 1. The summed E-state index contributed by atoms with van der Waals surface area (Å²) < 4.78 is 13.7. The van der Waals surface area contributed by atoms with Crippen LogP contribution < -0.4 is 5.32 Å². The summed E-state index contributed by atoms with van der Waals surface area (Å²) in [5.41, 5.74) is 2.12. The van der Waals surface area contributed by atoms with Crippen molar-refractivity contribution >= 4 is 11.6 Å². The monoisotopic (exact) mass is 207 g/mol. The molecule has 0 saturated carbocycles. The number of benzene rings is 1. The summed E-state index contributed by atoms with van der Waals surface area (Å²) in [6, 6.07) is 3.13. The number of halogens is 1. The fourth-order valence-corrected chi connectivity index (χ4v) is 2.14. The summed E-state index contributed by atoms with van der Waals surface area (Å²) in [5.74, 6) is -0.608. The predicted octanol–water partition coefficient (Wildman–Crippen LogP) is 2.83. The zero-order valence-corrected chi connectivity index (χ0v) is 9.10. The normalized spacial score (nSPS) is 19.3. The highest BCUT2D eigenvalue weighted by molar-refractivity contribution is 6.03. The van der Waals surface area contributed by atoms with Gasteiger partial charge in [-0.05, 0) is 24.5 Å². The van der Waals surface area contributed by atoms with Gasteiger partial charge in [0.25, 0.3) is 0 Å². The number of carbonyl (C=O) groups is 1. The predicted molar refractivity (Wildman–Crippen MR) is 57.3 cm³/mol. The minimum absolute atomic E-state index is 0.0896. The van der Waals surface area contributed by atoms with Crippen LogP contribution in [-0.2, 0) is 4.79 Å². The molecule has 0 aromatic heterocycles. The van der Waals surface area contributed by atoms with Gasteiger partial charge in [0.05, 0.1) is 11.6 Å². The Bertz CT molecular complexity index is 426. The third-order valence-corrected chi connectivity index (χ3v) is 2.91. The summed E-state index contributed by atoms with van der Waals surface area (Å²) >= 11 is 0. The van der Waals surface area contributed by atoms with Crippen molar-refractivity contribution in [3.63, 3.8) is 0 Å². The van der Waals surface area contributed by atoms with Crippen LogP contribution >= 0.6 is 0 Å². The molecule has 1 N–H and O–H groups in total. The van der Waals surface area contributed by atoms with Gasteiger partial charge >= 0.3 is 0 Å². The minimum Gasteiger partial charge on any atom is -0.325 e. The molecule has 1 aliphatic heterocycles. The maximum absolute atomic E-state index is 13.7. The number of carbonyl (C=O) groups excluding carboxylic acids is 1. The van der Waals surface area contributed by atoms with Gasteiger partial charge in [-0.15, -0.1) is 0 Å². The van der Waals surface area contributed by atoms with Crippen LogP contribution in [0.1, 0.15) is 30.9 Å². The van der Waals surface area contributed by atoms with Gasteiger partial charge in [0.2, 0.25) is 5.91 Å². The van der Waals surface area contributed by atoms with Gasteiger partial charge in [0.15, 0.2) is 0 Å². The summed E-state index contributed by atoms with van der Waals surface area (Å²) in [4.78, 5) is 11.7. The molecule has 1 heterocycles. The summed E-state index contributed by atoms with van der Waals surface area (Å²) in [6.45, 7) is 5.74. The first-order valence-corrected chi connectivity index (χ1v) is 5.12. The Balaban J connectivity index is 2.62. The maximum Gasteiger partial charge on any atom is 0.232 e. The Hall–Kier alpha value is -1.38. The van der Waals surface area contributed by atoms with Crippen molar-refractivity contribution in [1.29, 1.82) is 0 Å². The average Bonchev–Trinajstić information content (AvgIpc) is 2.50. The number of rotatable bonds is 1. The number of hydrogen-bond acceptors (Lipinski definition) is 1. The van der Waals surface area contributed by atoms with Crippen LogP contribution in [0.2, 0.25) is 0 Å². The van der Waals surface area contributed by atoms with Crippen LogP contribution in [0.5, 0.6) is 0 Å². The molecule has 2 nitrogen and oxygen atoms in total. The second kappa shape index (κ2) is 3.33. The first-order chi connectivity index (χ1) is 7.02. The molecule has 1 unspecified atom stereocenters. The van der Waals surface area contributed by atoms with Gasteiger partial charge in [-0.1, -0.05) is 19.9 Å². The largest absolute Gasteiger partial charge is 0.325 e. The summed E-state index contributed by atoms with van der Waals surface area (Å²) in [5, 5.41) is 2.76. The minimum atomic E-state index is -0.347. The third-order valence-electron chi connectivity index (χ3n) is 2.91. The number of anilines is 1. The smallest absolute Gasteiger partial charge is 0.232 e. The van der Waals surface area contributed by atoms with Gasteiger partial charge in [0, 0.05) is 5.56 Å². The highest BCUT2D eigenvalue weighted by Gasteiger charge is 2.36. The SMILES string of the molecule is Cc1ccc(F)c2c1NC(=O)C2C(C)C. The Labute approximate surface area is 88.5 Å². The highest BCUT2D eigenvalue weighted by atomic mass is 19.1. The van der Waals surface area contributed by atoms with Gasteiger partial charge in [-0.3, -0.25) is 4.79 Å². The first kappa shape index (κ1) is 10.1. The summed E-state index contributed by atoms with van der Waals surface area (Å²) in [7, 11) is 0. The van der Waals surface area contributed by atoms with Gasteiger partial charge in [0.1, 0.15) is 5.82 Å². The van der Waals surface area contributed by atoms with E-state index in [2.05, 4.69) is 5.32 Å². The molecule has 0 aliphatic carbocycles. The molecule has 1 amide bonds. The topological polar surface area (TPSA) is 29.1 Å². The molecule has 0 radical (unpaired) electrons. The molecule has 0 bridgehead atoms. The number of nitrogens with one attached hydrogen (secondary N) is 1. The van der Waals surface area contributed by atoms with Crippen LogP contribution in [0.15, 0.2) is 12.1 Å². The molecular weight excluding hydrogens is 193 g/mol. The molecule has 3 heteroatoms. The maximum atomic E-state index is 13.7. The lowest BCUT2D eigenvalue weighted by atomic mass is 9.88. The standard InChI is InChI=1S/C12H14FNO/c1-6(2)9-10-8(13)5-4-7(3)11(10)14-12(9)15/h4-6,9H,1-3H3,(H,14,15). The van der Waals surface area contributed by atoms with Crippen molar-refractivity contribution in [3.05, 3.63) is 29.1 Å². The molecule has 0 saturated heterocycles. The van der Waals surface area contributed by atoms with E-state index in [4.69, 9.17) is 0 Å². The zero-order chi connectivity index (χ0) is 11.2. The van der Waals surface area contributed by atoms with E-state index < -0.39 is 0 Å². The van der Waals surface area contributed by atoms with E-state index in [0.717, 1.165) is 5.56 Å². The quantitative estimate of drug-likeness (QED) is 0.753. The molecule has 2 rings (SSSR count). The molecule has 0 fully saturated rings. The zero-order valence-electron chi connectivity index (χ0n) is 9.10. The molecule has 80 valence electrons. The Morgan fingerprint density at radius 1 is 1.40 bits per heavy atom. The van der Waals surface area contributed by atoms with E-state index in [1.807, 2.05) is 20.8 Å². The van der Waals surface area contributed by atoms with Crippen LogP contribution in [0.3, 0.4) is 0 Å². The van der Waals surface area contributed by atoms with Crippen LogP contribution in [0.25, 0.3) is 0 Å². The molecule has 15 heavy (non-hydrogen) atoms. The fraction of sp³-hybridized carbons (Fsp3) is 0.417. The van der Waals surface area contributed by atoms with Gasteiger partial charge in [-0.2, -0.15) is 0 Å². The van der Waals surface area contributed by atoms with Crippen molar-refractivity contribution in [2.75, 3.05) is 5.32 Å². The lowest BCUT2D eigenvalue weighted by molar-refractivity contribution is -0.117. The van der Waals surface area contributed by atoms with Crippen molar-refractivity contribution in [3.8, 4) is 0 Å². The average molecular weight is 207 g/mol. The Kier molecular flexibility index (Phi) is 2.25. The highest BCUT2D eigenvalue weighted by Crippen LogP contribution is 2.40. The molecule has 1 aromatic rings. The number of hydrogen-bond donors (Lipinski definition) is 1. The molecular formula is C12H14FNO. The van der Waals surface area contributed by atoms with Crippen LogP contribution in [0, 0.1) is 18.7 Å². The van der Waals surface area contributed by atoms with Crippen molar-refractivity contribution in [2.45, 2.75) is 26.7 Å². The second-order valence-corrected chi connectivity index (χ2v) is 4.36. The molecule has 1 atom stereocenters. The molecule has 1 aromatic carbocycles. The third kappa shape index (κ3) is 1.42. The van der Waals surface area contributed by atoms with Gasteiger partial charge < -0.3 is 5.32 Å². The Morgan fingerprint density at radius 2 is 2.07 bits per heavy atom. The van der Waals surface area contributed by atoms with Crippen LogP contribution in [0.4, 0.5) is 10.1 Å². The van der Waals surface area contributed by atoms with E-state index in [9.17, 15) is 9.18 Å². The lowest BCUT2D eigenvalue weighted by Gasteiger charge is -2.13. The fourth-order valence-electron chi connectivity index (χ4n) is 2.14. The van der Waals surface area contributed by atoms with Crippen LogP contribution in [-0.4, -0.2) is 5.91 Å². The number of aryl methyl sites for hydroxylation is 1. The van der Waals surface area contributed by atoms with E-state index in [1.54, 1.807) is 6.07 Å². The van der Waals surface area contributed by atoms with Crippen molar-refractivity contribution in [1.82, 2.24) is 0 Å².